The summed E-state index contributed by atoms with van der Waals surface area (Å²) in [6.07, 6.45) is 0. The van der Waals surface area contributed by atoms with Crippen molar-refractivity contribution >= 4 is 27.3 Å². The zero-order valence-electron chi connectivity index (χ0n) is 17.5. The predicted octanol–water partition coefficient (Wildman–Crippen LogP) is 5.76. The van der Waals surface area contributed by atoms with E-state index >= 15 is 0 Å². The molecule has 4 rings (SSSR count). The Bertz CT molecular complexity index is 1310. The minimum absolute atomic E-state index is 0.0753. The molecule has 3 aromatic carbocycles. The number of halogens is 1. The van der Waals surface area contributed by atoms with Gasteiger partial charge in [0.2, 0.25) is 26.6 Å². The van der Waals surface area contributed by atoms with E-state index in [0.29, 0.717) is 22.9 Å². The molecule has 1 aromatic heterocycles. The number of methoxy groups -OCH3 is 1. The van der Waals surface area contributed by atoms with Crippen molar-refractivity contribution < 1.29 is 17.6 Å². The van der Waals surface area contributed by atoms with Crippen molar-refractivity contribution in [3.8, 4) is 17.2 Å². The Morgan fingerprint density at radius 2 is 1.62 bits per heavy atom. The summed E-state index contributed by atoms with van der Waals surface area (Å²) in [6, 6.07) is 20.9. The molecule has 1 N–H and O–H groups in total. The van der Waals surface area contributed by atoms with Crippen molar-refractivity contribution in [3.05, 3.63) is 88.9 Å². The first-order valence-electron chi connectivity index (χ1n) is 9.82. The van der Waals surface area contributed by atoms with Gasteiger partial charge in [0.05, 0.1) is 12.0 Å². The van der Waals surface area contributed by atoms with E-state index < -0.39 is 9.84 Å². The monoisotopic (exact) mass is 468 g/mol. The third kappa shape index (κ3) is 4.64. The smallest absolute Gasteiger partial charge is 0.234 e. The number of oxazole rings is 1. The van der Waals surface area contributed by atoms with E-state index in [4.69, 9.17) is 20.8 Å². The molecule has 0 saturated heterocycles. The third-order valence-electron chi connectivity index (χ3n) is 4.89. The molecule has 0 aliphatic rings. The van der Waals surface area contributed by atoms with Crippen LogP contribution < -0.4 is 10.1 Å². The van der Waals surface area contributed by atoms with Crippen molar-refractivity contribution in [2.24, 2.45) is 0 Å². The largest absolute Gasteiger partial charge is 0.497 e. The zero-order valence-corrected chi connectivity index (χ0v) is 19.1. The van der Waals surface area contributed by atoms with Gasteiger partial charge in [-0.25, -0.2) is 8.42 Å². The van der Waals surface area contributed by atoms with Crippen molar-refractivity contribution in [2.75, 3.05) is 12.4 Å². The van der Waals surface area contributed by atoms with Crippen LogP contribution in [0.1, 0.15) is 11.1 Å². The second-order valence-corrected chi connectivity index (χ2v) is 9.48. The van der Waals surface area contributed by atoms with Gasteiger partial charge in [0.1, 0.15) is 5.75 Å². The van der Waals surface area contributed by atoms with Gasteiger partial charge < -0.3 is 14.5 Å². The number of nitrogens with zero attached hydrogens (tertiary/aromatic N) is 1. The van der Waals surface area contributed by atoms with E-state index in [1.807, 2.05) is 31.2 Å². The van der Waals surface area contributed by atoms with E-state index in [1.54, 1.807) is 31.4 Å². The zero-order chi connectivity index (χ0) is 22.7. The molecule has 0 bridgehead atoms. The number of aromatic nitrogens is 1. The summed E-state index contributed by atoms with van der Waals surface area (Å²) in [5.41, 5.74) is 2.75. The van der Waals surface area contributed by atoms with Crippen LogP contribution in [0.3, 0.4) is 0 Å². The molecule has 0 aliphatic carbocycles. The van der Waals surface area contributed by atoms with E-state index in [2.05, 4.69) is 10.3 Å². The number of sulfone groups is 1. The number of aryl methyl sites for hydroxylation is 1. The quantitative estimate of drug-likeness (QED) is 0.371. The fourth-order valence-corrected chi connectivity index (χ4v) is 4.48. The van der Waals surface area contributed by atoms with Gasteiger partial charge in [0.15, 0.2) is 0 Å². The van der Waals surface area contributed by atoms with Crippen LogP contribution in [-0.4, -0.2) is 20.5 Å². The number of ether oxygens (including phenoxy) is 1. The van der Waals surface area contributed by atoms with Crippen LogP contribution in [0, 0.1) is 6.92 Å². The number of anilines is 1. The Labute approximate surface area is 191 Å². The Morgan fingerprint density at radius 1 is 0.969 bits per heavy atom. The molecule has 0 saturated carbocycles. The maximum Gasteiger partial charge on any atom is 0.234 e. The SMILES string of the molecule is COc1ccc(-c2nc(S(=O)(=O)c3ccc(Cl)cc3)c(NCc3ccc(C)cc3)o2)cc1. The summed E-state index contributed by atoms with van der Waals surface area (Å²) in [6.45, 7) is 2.38. The fraction of sp³-hybridized carbons (Fsp3) is 0.125. The van der Waals surface area contributed by atoms with E-state index in [1.165, 1.54) is 24.3 Å². The summed E-state index contributed by atoms with van der Waals surface area (Å²) in [5, 5.41) is 3.35. The number of hydrogen-bond donors (Lipinski definition) is 1. The van der Waals surface area contributed by atoms with Gasteiger partial charge in [-0.2, -0.15) is 4.98 Å². The molecule has 0 spiro atoms. The Balaban J connectivity index is 1.74. The van der Waals surface area contributed by atoms with Crippen LogP contribution >= 0.6 is 11.6 Å². The van der Waals surface area contributed by atoms with E-state index in [0.717, 1.165) is 11.1 Å². The molecule has 164 valence electrons. The number of rotatable bonds is 7. The molecule has 6 nitrogen and oxygen atoms in total. The van der Waals surface area contributed by atoms with Gasteiger partial charge >= 0.3 is 0 Å². The van der Waals surface area contributed by atoms with Crippen LogP contribution in [0.25, 0.3) is 11.5 Å². The molecular formula is C24H21ClN2O4S. The fourth-order valence-electron chi connectivity index (χ4n) is 3.07. The maximum atomic E-state index is 13.3. The summed E-state index contributed by atoms with van der Waals surface area (Å²) in [4.78, 5) is 4.42. The lowest BCUT2D eigenvalue weighted by molar-refractivity contribution is 0.415. The van der Waals surface area contributed by atoms with Crippen LogP contribution in [0.4, 0.5) is 5.88 Å². The molecule has 32 heavy (non-hydrogen) atoms. The summed E-state index contributed by atoms with van der Waals surface area (Å²) < 4.78 is 37.7. The average Bonchev–Trinajstić information content (AvgIpc) is 3.24. The van der Waals surface area contributed by atoms with Gasteiger partial charge in [0, 0.05) is 17.1 Å². The van der Waals surface area contributed by atoms with E-state index in [-0.39, 0.29) is 21.7 Å². The van der Waals surface area contributed by atoms with Crippen LogP contribution in [-0.2, 0) is 16.4 Å². The highest BCUT2D eigenvalue weighted by Crippen LogP contribution is 2.33. The highest BCUT2D eigenvalue weighted by molar-refractivity contribution is 7.91. The number of benzene rings is 3. The Hall–Kier alpha value is -3.29. The molecule has 8 heteroatoms. The molecule has 0 unspecified atom stereocenters. The maximum absolute atomic E-state index is 13.3. The van der Waals surface area contributed by atoms with Crippen molar-refractivity contribution in [3.63, 3.8) is 0 Å². The lowest BCUT2D eigenvalue weighted by Crippen LogP contribution is -2.07. The lowest BCUT2D eigenvalue weighted by Gasteiger charge is -2.07. The summed E-state index contributed by atoms with van der Waals surface area (Å²) in [7, 11) is -2.37. The second-order valence-electron chi connectivity index (χ2n) is 7.18. The topological polar surface area (TPSA) is 81.4 Å². The van der Waals surface area contributed by atoms with Crippen molar-refractivity contribution in [1.29, 1.82) is 0 Å². The predicted molar refractivity (Wildman–Crippen MR) is 124 cm³/mol. The molecule has 0 radical (unpaired) electrons. The molecular weight excluding hydrogens is 448 g/mol. The lowest BCUT2D eigenvalue weighted by atomic mass is 10.1. The van der Waals surface area contributed by atoms with Gasteiger partial charge in [-0.15, -0.1) is 0 Å². The summed E-state index contributed by atoms with van der Waals surface area (Å²) >= 11 is 5.92. The molecule has 1 heterocycles. The van der Waals surface area contributed by atoms with Gasteiger partial charge in [-0.1, -0.05) is 41.4 Å². The molecule has 4 aromatic rings. The average molecular weight is 469 g/mol. The van der Waals surface area contributed by atoms with Crippen LogP contribution in [0.2, 0.25) is 5.02 Å². The van der Waals surface area contributed by atoms with Crippen LogP contribution in [0.5, 0.6) is 5.75 Å². The standard InChI is InChI=1S/C24H21ClN2O4S/c1-16-3-5-17(6-4-16)15-26-23-24(32(28,29)21-13-9-19(25)10-14-21)27-22(31-23)18-7-11-20(30-2)12-8-18/h3-14,26H,15H2,1-2H3. The highest BCUT2D eigenvalue weighted by Gasteiger charge is 2.28. The highest BCUT2D eigenvalue weighted by atomic mass is 35.5. The van der Waals surface area contributed by atoms with Gasteiger partial charge in [-0.05, 0) is 61.0 Å². The van der Waals surface area contributed by atoms with Gasteiger partial charge in [0.25, 0.3) is 0 Å². The second kappa shape index (κ2) is 9.06. The number of hydrogen-bond acceptors (Lipinski definition) is 6. The third-order valence-corrected chi connectivity index (χ3v) is 6.82. The first-order valence-corrected chi connectivity index (χ1v) is 11.7. The first kappa shape index (κ1) is 21.9. The first-order chi connectivity index (χ1) is 15.4. The van der Waals surface area contributed by atoms with Gasteiger partial charge in [-0.3, -0.25) is 0 Å². The Kier molecular flexibility index (Phi) is 6.21. The minimum atomic E-state index is -3.95. The number of nitrogens with one attached hydrogen (secondary N) is 1. The van der Waals surface area contributed by atoms with E-state index in [9.17, 15) is 8.42 Å². The normalized spacial score (nSPS) is 11.3. The molecule has 0 amide bonds. The Morgan fingerprint density at radius 3 is 2.25 bits per heavy atom. The molecule has 0 atom stereocenters. The molecule has 0 fully saturated rings. The molecule has 0 aliphatic heterocycles. The van der Waals surface area contributed by atoms with Crippen molar-refractivity contribution in [2.45, 2.75) is 23.4 Å². The summed E-state index contributed by atoms with van der Waals surface area (Å²) in [5.74, 6) is 0.935. The van der Waals surface area contributed by atoms with Crippen LogP contribution in [0.15, 0.2) is 87.1 Å². The minimum Gasteiger partial charge on any atom is -0.497 e. The van der Waals surface area contributed by atoms with Crippen molar-refractivity contribution in [1.82, 2.24) is 4.98 Å².